The first-order chi connectivity index (χ1) is 8.00. The van der Waals surface area contributed by atoms with E-state index in [1.54, 1.807) is 6.92 Å². The lowest BCUT2D eigenvalue weighted by atomic mass is 10.3. The maximum atomic E-state index is 10.8. The molecule has 0 bridgehead atoms. The largest absolute Gasteiger partial charge is 0.476 e. The second kappa shape index (κ2) is 3.96. The monoisotopic (exact) mass is 236 g/mol. The number of aromatic nitrogens is 6. The molecule has 2 aromatic rings. The van der Waals surface area contributed by atoms with Crippen molar-refractivity contribution in [2.24, 2.45) is 7.05 Å². The number of carbonyl (C=O) groups is 1. The zero-order valence-electron chi connectivity index (χ0n) is 9.75. The standard InChI is InChI=1S/C9H12N6O2/c1-5-8(9(16)17)12-13-15(5)4-7-11-10-6(2)14(7)3/h4H2,1-3H3,(H,16,17). The van der Waals surface area contributed by atoms with E-state index in [9.17, 15) is 4.79 Å². The van der Waals surface area contributed by atoms with E-state index in [0.29, 0.717) is 18.1 Å². The molecular weight excluding hydrogens is 224 g/mol. The highest BCUT2D eigenvalue weighted by Gasteiger charge is 2.16. The first-order valence-corrected chi connectivity index (χ1v) is 4.99. The van der Waals surface area contributed by atoms with Gasteiger partial charge in [0.1, 0.15) is 12.4 Å². The van der Waals surface area contributed by atoms with Crippen molar-refractivity contribution in [3.8, 4) is 0 Å². The maximum absolute atomic E-state index is 10.8. The topological polar surface area (TPSA) is 98.7 Å². The fourth-order valence-electron chi connectivity index (χ4n) is 1.43. The highest BCUT2D eigenvalue weighted by molar-refractivity contribution is 5.86. The summed E-state index contributed by atoms with van der Waals surface area (Å²) in [4.78, 5) is 10.8. The number of nitrogens with zero attached hydrogens (tertiary/aromatic N) is 6. The van der Waals surface area contributed by atoms with Gasteiger partial charge in [-0.3, -0.25) is 0 Å². The molecule has 8 heteroatoms. The van der Waals surface area contributed by atoms with Gasteiger partial charge in [0.2, 0.25) is 0 Å². The van der Waals surface area contributed by atoms with Crippen LogP contribution in [0.15, 0.2) is 0 Å². The van der Waals surface area contributed by atoms with E-state index >= 15 is 0 Å². The molecule has 0 aliphatic heterocycles. The molecule has 8 nitrogen and oxygen atoms in total. The number of aromatic carboxylic acids is 1. The lowest BCUT2D eigenvalue weighted by Crippen LogP contribution is -2.10. The van der Waals surface area contributed by atoms with E-state index in [2.05, 4.69) is 20.5 Å². The summed E-state index contributed by atoms with van der Waals surface area (Å²) >= 11 is 0. The molecule has 17 heavy (non-hydrogen) atoms. The quantitative estimate of drug-likeness (QED) is 0.790. The van der Waals surface area contributed by atoms with Gasteiger partial charge >= 0.3 is 5.97 Å². The molecule has 0 aliphatic carbocycles. The van der Waals surface area contributed by atoms with Crippen LogP contribution in [-0.2, 0) is 13.6 Å². The summed E-state index contributed by atoms with van der Waals surface area (Å²) in [7, 11) is 1.84. The Morgan fingerprint density at radius 3 is 2.47 bits per heavy atom. The molecule has 0 aromatic carbocycles. The predicted molar refractivity (Wildman–Crippen MR) is 56.6 cm³/mol. The Balaban J connectivity index is 2.31. The van der Waals surface area contributed by atoms with Crippen LogP contribution in [0.2, 0.25) is 0 Å². The van der Waals surface area contributed by atoms with E-state index in [1.807, 2.05) is 18.5 Å². The van der Waals surface area contributed by atoms with Crippen molar-refractivity contribution in [1.82, 2.24) is 29.8 Å². The fraction of sp³-hybridized carbons (Fsp3) is 0.444. The molecule has 0 saturated carbocycles. The van der Waals surface area contributed by atoms with E-state index < -0.39 is 5.97 Å². The summed E-state index contributed by atoms with van der Waals surface area (Å²) in [5.74, 6) is 0.409. The second-order valence-corrected chi connectivity index (χ2v) is 3.71. The molecule has 1 N–H and O–H groups in total. The molecule has 90 valence electrons. The van der Waals surface area contributed by atoms with Crippen LogP contribution < -0.4 is 0 Å². The van der Waals surface area contributed by atoms with Gasteiger partial charge < -0.3 is 9.67 Å². The first-order valence-electron chi connectivity index (χ1n) is 4.99. The molecule has 0 amide bonds. The smallest absolute Gasteiger partial charge is 0.358 e. The Morgan fingerprint density at radius 1 is 1.29 bits per heavy atom. The predicted octanol–water partition coefficient (Wildman–Crippen LogP) is -0.230. The second-order valence-electron chi connectivity index (χ2n) is 3.71. The zero-order valence-corrected chi connectivity index (χ0v) is 9.75. The molecule has 0 saturated heterocycles. The summed E-state index contributed by atoms with van der Waals surface area (Å²) in [5.41, 5.74) is 0.460. The van der Waals surface area contributed by atoms with Crippen LogP contribution in [0.5, 0.6) is 0 Å². The average Bonchev–Trinajstić information content (AvgIpc) is 2.77. The third-order valence-corrected chi connectivity index (χ3v) is 2.66. The summed E-state index contributed by atoms with van der Waals surface area (Å²) in [6.45, 7) is 3.85. The van der Waals surface area contributed by atoms with Crippen molar-refractivity contribution in [3.63, 3.8) is 0 Å². The molecule has 0 spiro atoms. The highest BCUT2D eigenvalue weighted by Crippen LogP contribution is 2.06. The van der Waals surface area contributed by atoms with Crippen LogP contribution in [0.4, 0.5) is 0 Å². The normalized spacial score (nSPS) is 10.8. The number of aryl methyl sites for hydroxylation is 1. The van der Waals surface area contributed by atoms with Crippen molar-refractivity contribution in [3.05, 3.63) is 23.0 Å². The van der Waals surface area contributed by atoms with Crippen molar-refractivity contribution in [2.45, 2.75) is 20.4 Å². The van der Waals surface area contributed by atoms with Crippen LogP contribution in [-0.4, -0.2) is 40.8 Å². The Labute approximate surface area is 96.9 Å². The number of carboxylic acids is 1. The minimum absolute atomic E-state index is 0.0381. The van der Waals surface area contributed by atoms with Gasteiger partial charge in [0.15, 0.2) is 11.5 Å². The summed E-state index contributed by atoms with van der Waals surface area (Å²) < 4.78 is 3.31. The van der Waals surface area contributed by atoms with Crippen molar-refractivity contribution < 1.29 is 9.90 Å². The lowest BCUT2D eigenvalue weighted by Gasteiger charge is -2.03. The molecule has 2 aromatic heterocycles. The van der Waals surface area contributed by atoms with Gasteiger partial charge in [-0.1, -0.05) is 5.21 Å². The van der Waals surface area contributed by atoms with E-state index in [4.69, 9.17) is 5.11 Å². The molecule has 0 aliphatic rings. The van der Waals surface area contributed by atoms with Crippen LogP contribution in [0, 0.1) is 13.8 Å². The number of carboxylic acid groups (broad SMARTS) is 1. The Morgan fingerprint density at radius 2 is 2.00 bits per heavy atom. The van der Waals surface area contributed by atoms with Gasteiger partial charge in [-0.2, -0.15) is 0 Å². The van der Waals surface area contributed by atoms with Gasteiger partial charge in [0.05, 0.1) is 5.69 Å². The highest BCUT2D eigenvalue weighted by atomic mass is 16.4. The van der Waals surface area contributed by atoms with Crippen LogP contribution in [0.25, 0.3) is 0 Å². The summed E-state index contributed by atoms with van der Waals surface area (Å²) in [5, 5.41) is 24.1. The van der Waals surface area contributed by atoms with Crippen LogP contribution in [0.1, 0.15) is 27.8 Å². The molecular formula is C9H12N6O2. The number of hydrogen-bond donors (Lipinski definition) is 1. The Kier molecular flexibility index (Phi) is 2.62. The van der Waals surface area contributed by atoms with Gasteiger partial charge in [0, 0.05) is 7.05 Å². The van der Waals surface area contributed by atoms with Crippen molar-refractivity contribution in [1.29, 1.82) is 0 Å². The lowest BCUT2D eigenvalue weighted by molar-refractivity contribution is 0.0689. The average molecular weight is 236 g/mol. The minimum atomic E-state index is -1.08. The van der Waals surface area contributed by atoms with Gasteiger partial charge in [-0.15, -0.1) is 15.3 Å². The number of hydrogen-bond acceptors (Lipinski definition) is 5. The van der Waals surface area contributed by atoms with Crippen molar-refractivity contribution in [2.75, 3.05) is 0 Å². The van der Waals surface area contributed by atoms with E-state index in [-0.39, 0.29) is 5.69 Å². The maximum Gasteiger partial charge on any atom is 0.358 e. The minimum Gasteiger partial charge on any atom is -0.476 e. The van der Waals surface area contributed by atoms with Crippen LogP contribution >= 0.6 is 0 Å². The Bertz CT molecular complexity index is 570. The molecule has 0 atom stereocenters. The third kappa shape index (κ3) is 1.88. The molecule has 2 heterocycles. The fourth-order valence-corrected chi connectivity index (χ4v) is 1.43. The first kappa shape index (κ1) is 11.2. The zero-order chi connectivity index (χ0) is 12.6. The van der Waals surface area contributed by atoms with Gasteiger partial charge in [-0.25, -0.2) is 9.48 Å². The third-order valence-electron chi connectivity index (χ3n) is 2.66. The molecule has 0 radical (unpaired) electrons. The summed E-state index contributed by atoms with van der Waals surface area (Å²) in [6, 6.07) is 0. The number of rotatable bonds is 3. The molecule has 2 rings (SSSR count). The van der Waals surface area contributed by atoms with Crippen LogP contribution in [0.3, 0.4) is 0 Å². The van der Waals surface area contributed by atoms with E-state index in [0.717, 1.165) is 5.82 Å². The Hall–Kier alpha value is -2.25. The van der Waals surface area contributed by atoms with E-state index in [1.165, 1.54) is 4.68 Å². The summed E-state index contributed by atoms with van der Waals surface area (Å²) in [6.07, 6.45) is 0. The van der Waals surface area contributed by atoms with Gasteiger partial charge in [0.25, 0.3) is 0 Å². The SMILES string of the molecule is Cc1c(C(=O)O)nnn1Cc1nnc(C)n1C. The molecule has 0 unspecified atom stereocenters. The van der Waals surface area contributed by atoms with Gasteiger partial charge in [-0.05, 0) is 13.8 Å². The molecule has 0 fully saturated rings. The van der Waals surface area contributed by atoms with Crippen molar-refractivity contribution >= 4 is 5.97 Å².